The summed E-state index contributed by atoms with van der Waals surface area (Å²) in [6, 6.07) is 9.48. The number of carbonyl (C=O) groups excluding carboxylic acids is 3. The number of amides is 2. The molecule has 1 fully saturated rings. The molecule has 2 amide bonds. The van der Waals surface area contributed by atoms with E-state index in [9.17, 15) is 14.4 Å². The molecule has 0 heterocycles. The summed E-state index contributed by atoms with van der Waals surface area (Å²) in [7, 11) is 0. The Bertz CT molecular complexity index is 917. The van der Waals surface area contributed by atoms with E-state index in [-0.39, 0.29) is 37.6 Å². The molecule has 1 unspecified atom stereocenters. The molecule has 39 heavy (non-hydrogen) atoms. The van der Waals surface area contributed by atoms with E-state index in [1.54, 1.807) is 4.90 Å². The summed E-state index contributed by atoms with van der Waals surface area (Å²) < 4.78 is 10.2. The number of rotatable bonds is 17. The Hall–Kier alpha value is -2.89. The third-order valence-electron chi connectivity index (χ3n) is 6.42. The fraction of sp³-hybridized carbons (Fsp3) is 0.625. The summed E-state index contributed by atoms with van der Waals surface area (Å²) in [5, 5.41) is 36.2. The van der Waals surface area contributed by atoms with Crippen LogP contribution in [-0.2, 0) is 34.2 Å². The second-order valence-electron chi connectivity index (χ2n) is 8.98. The lowest BCUT2D eigenvalue weighted by atomic mass is 9.91. The van der Waals surface area contributed by atoms with Crippen molar-refractivity contribution in [3.63, 3.8) is 0 Å². The van der Waals surface area contributed by atoms with Gasteiger partial charge in [0.05, 0.1) is 16.2 Å². The van der Waals surface area contributed by atoms with E-state index in [4.69, 9.17) is 30.3 Å². The molecule has 0 radical (unpaired) electrons. The van der Waals surface area contributed by atoms with Crippen LogP contribution in [0.2, 0.25) is 0 Å². The van der Waals surface area contributed by atoms with Gasteiger partial charge in [-0.25, -0.2) is 14.5 Å². The first-order valence-electron chi connectivity index (χ1n) is 12.7. The van der Waals surface area contributed by atoms with Crippen LogP contribution >= 0.6 is 0 Å². The molecular formula is C24H38N4O11. The topological polar surface area (TPSA) is 191 Å². The molecule has 0 saturated heterocycles. The van der Waals surface area contributed by atoms with Gasteiger partial charge in [0.2, 0.25) is 12.2 Å². The van der Waals surface area contributed by atoms with Crippen molar-refractivity contribution in [2.24, 2.45) is 5.92 Å². The summed E-state index contributed by atoms with van der Waals surface area (Å²) in [6.45, 7) is 6.13. The van der Waals surface area contributed by atoms with Gasteiger partial charge >= 0.3 is 12.1 Å². The van der Waals surface area contributed by atoms with Gasteiger partial charge in [-0.3, -0.25) is 30.4 Å². The number of nitrogens with zero attached hydrogens (tertiary/aromatic N) is 3. The van der Waals surface area contributed by atoms with Crippen molar-refractivity contribution in [2.75, 3.05) is 26.2 Å². The van der Waals surface area contributed by atoms with E-state index >= 15 is 0 Å². The van der Waals surface area contributed by atoms with Crippen molar-refractivity contribution in [1.29, 1.82) is 0 Å². The number of carbonyl (C=O) groups is 3. The minimum absolute atomic E-state index is 0.0242. The SMILES string of the molecule is CCN(CC)C(=O)[C@]1(c2ccccc2)C[C@@H]1CNC(=O)OC(C)OC(=O)CCC[C@@H](CON(O)O)ON(O)O. The Labute approximate surface area is 226 Å². The second-order valence-corrected chi connectivity index (χ2v) is 8.98. The number of likely N-dealkylation sites (N-methyl/N-ethyl adjacent to an activating group) is 1. The highest BCUT2D eigenvalue weighted by molar-refractivity contribution is 5.92. The predicted octanol–water partition coefficient (Wildman–Crippen LogP) is 1.99. The number of hydrogen-bond donors (Lipinski definition) is 5. The predicted molar refractivity (Wildman–Crippen MR) is 130 cm³/mol. The minimum Gasteiger partial charge on any atom is -0.425 e. The average molecular weight is 559 g/mol. The van der Waals surface area contributed by atoms with Crippen LogP contribution in [0.15, 0.2) is 30.3 Å². The lowest BCUT2D eigenvalue weighted by Gasteiger charge is -2.26. The van der Waals surface area contributed by atoms with Gasteiger partial charge in [-0.15, -0.1) is 0 Å². The van der Waals surface area contributed by atoms with Gasteiger partial charge in [0.25, 0.3) is 0 Å². The third kappa shape index (κ3) is 9.98. The molecule has 4 atom stereocenters. The smallest absolute Gasteiger partial charge is 0.410 e. The first kappa shape index (κ1) is 32.3. The highest BCUT2D eigenvalue weighted by Crippen LogP contribution is 2.55. The van der Waals surface area contributed by atoms with Crippen molar-refractivity contribution < 1.29 is 54.4 Å². The molecule has 1 aliphatic carbocycles. The summed E-state index contributed by atoms with van der Waals surface area (Å²) in [5.74, 6) is -0.785. The van der Waals surface area contributed by atoms with Gasteiger partial charge in [0.15, 0.2) is 0 Å². The fourth-order valence-electron chi connectivity index (χ4n) is 4.43. The van der Waals surface area contributed by atoms with Gasteiger partial charge in [-0.05, 0) is 44.6 Å². The first-order chi connectivity index (χ1) is 18.5. The summed E-state index contributed by atoms with van der Waals surface area (Å²) in [4.78, 5) is 48.4. The van der Waals surface area contributed by atoms with Crippen LogP contribution in [0.25, 0.3) is 0 Å². The third-order valence-corrected chi connectivity index (χ3v) is 6.42. The highest BCUT2D eigenvalue weighted by atomic mass is 17.1. The number of esters is 1. The maximum atomic E-state index is 13.3. The number of alkyl carbamates (subject to hydrolysis) is 1. The molecule has 1 aliphatic rings. The molecule has 220 valence electrons. The molecule has 2 rings (SSSR count). The van der Waals surface area contributed by atoms with E-state index in [0.717, 1.165) is 5.56 Å². The molecule has 15 nitrogen and oxygen atoms in total. The monoisotopic (exact) mass is 558 g/mol. The number of ether oxygens (including phenoxy) is 2. The molecular weight excluding hydrogens is 520 g/mol. The number of benzene rings is 1. The van der Waals surface area contributed by atoms with E-state index in [2.05, 4.69) is 15.0 Å². The molecule has 0 bridgehead atoms. The van der Waals surface area contributed by atoms with Crippen LogP contribution in [0.5, 0.6) is 0 Å². The van der Waals surface area contributed by atoms with Gasteiger partial charge < -0.3 is 19.7 Å². The maximum Gasteiger partial charge on any atom is 0.410 e. The van der Waals surface area contributed by atoms with Crippen molar-refractivity contribution >= 4 is 18.0 Å². The molecule has 0 aromatic heterocycles. The van der Waals surface area contributed by atoms with E-state index < -0.39 is 47.3 Å². The summed E-state index contributed by atoms with van der Waals surface area (Å²) in [6.07, 6.45) is -2.38. The van der Waals surface area contributed by atoms with Crippen LogP contribution in [0, 0.1) is 5.92 Å². The van der Waals surface area contributed by atoms with E-state index in [1.807, 2.05) is 44.2 Å². The largest absolute Gasteiger partial charge is 0.425 e. The minimum atomic E-state index is -1.19. The van der Waals surface area contributed by atoms with Gasteiger partial charge in [-0.2, -0.15) is 0 Å². The summed E-state index contributed by atoms with van der Waals surface area (Å²) in [5.41, 5.74) is 0.195. The van der Waals surface area contributed by atoms with Crippen LogP contribution in [-0.4, -0.2) is 93.1 Å². The molecule has 15 heteroatoms. The first-order valence-corrected chi connectivity index (χ1v) is 12.7. The average Bonchev–Trinajstić information content (AvgIpc) is 3.62. The second kappa shape index (κ2) is 15.6. The van der Waals surface area contributed by atoms with Crippen molar-refractivity contribution in [3.05, 3.63) is 35.9 Å². The van der Waals surface area contributed by atoms with Crippen LogP contribution in [0.4, 0.5) is 4.79 Å². The normalized spacial score (nSPS) is 19.9. The zero-order valence-electron chi connectivity index (χ0n) is 22.3. The fourth-order valence-corrected chi connectivity index (χ4v) is 4.43. The van der Waals surface area contributed by atoms with Gasteiger partial charge in [0, 0.05) is 33.0 Å². The standard InChI is InChI=1S/C24H38N4O11/c1-4-26(5-2)22(30)24(18-10-7-6-8-11-18)14-19(24)15-25-23(31)38-17(3)37-21(29)13-9-12-20(39-28(34)35)16-36-27(32)33/h6-8,10-11,17,19-20,32-35H,4-5,9,12-16H2,1-3H3,(H,25,31)/t17?,19-,20+,24+/m1/s1. The zero-order chi connectivity index (χ0) is 29.0. The summed E-state index contributed by atoms with van der Waals surface area (Å²) >= 11 is 0. The van der Waals surface area contributed by atoms with E-state index in [0.29, 0.717) is 19.5 Å². The van der Waals surface area contributed by atoms with Crippen LogP contribution in [0.3, 0.4) is 0 Å². The van der Waals surface area contributed by atoms with E-state index in [1.165, 1.54) is 6.92 Å². The molecule has 1 aromatic rings. The van der Waals surface area contributed by atoms with Crippen molar-refractivity contribution in [1.82, 2.24) is 21.0 Å². The van der Waals surface area contributed by atoms with Gasteiger partial charge in [0.1, 0.15) is 12.7 Å². The van der Waals surface area contributed by atoms with Crippen LogP contribution in [0.1, 0.15) is 52.0 Å². The number of hydrogen-bond acceptors (Lipinski definition) is 13. The molecule has 0 spiro atoms. The zero-order valence-corrected chi connectivity index (χ0v) is 22.3. The van der Waals surface area contributed by atoms with Crippen molar-refractivity contribution in [3.8, 4) is 0 Å². The van der Waals surface area contributed by atoms with Crippen molar-refractivity contribution in [2.45, 2.75) is 64.3 Å². The molecule has 1 aromatic carbocycles. The molecule has 5 N–H and O–H groups in total. The molecule has 0 aliphatic heterocycles. The van der Waals surface area contributed by atoms with Gasteiger partial charge in [-0.1, -0.05) is 30.3 Å². The Balaban J connectivity index is 1.79. The number of nitrogens with one attached hydrogen (secondary N) is 1. The molecule has 1 saturated carbocycles. The Morgan fingerprint density at radius 1 is 1.05 bits per heavy atom. The highest BCUT2D eigenvalue weighted by Gasteiger charge is 2.61. The Morgan fingerprint density at radius 3 is 2.31 bits per heavy atom. The van der Waals surface area contributed by atoms with Crippen LogP contribution < -0.4 is 5.32 Å². The lowest BCUT2D eigenvalue weighted by Crippen LogP contribution is -2.41. The Kier molecular flexibility index (Phi) is 13.0. The quantitative estimate of drug-likeness (QED) is 0.106. The lowest BCUT2D eigenvalue weighted by molar-refractivity contribution is -0.527. The maximum absolute atomic E-state index is 13.3. The Morgan fingerprint density at radius 2 is 1.72 bits per heavy atom.